The largest absolute Gasteiger partial charge is 0.347 e. The molecule has 0 spiro atoms. The smallest absolute Gasteiger partial charge is 0.274 e. The minimum atomic E-state index is -0.157. The van der Waals surface area contributed by atoms with E-state index in [1.807, 2.05) is 50.2 Å². The van der Waals surface area contributed by atoms with Crippen molar-refractivity contribution in [3.63, 3.8) is 0 Å². The third-order valence-corrected chi connectivity index (χ3v) is 5.37. The van der Waals surface area contributed by atoms with Crippen molar-refractivity contribution in [2.75, 3.05) is 5.32 Å². The van der Waals surface area contributed by atoms with Crippen LogP contribution in [-0.2, 0) is 17.8 Å². The summed E-state index contributed by atoms with van der Waals surface area (Å²) in [7, 11) is 0. The van der Waals surface area contributed by atoms with Crippen LogP contribution in [0.4, 0.5) is 5.69 Å². The molecule has 0 fully saturated rings. The summed E-state index contributed by atoms with van der Waals surface area (Å²) in [6.45, 7) is 9.12. The molecule has 0 aliphatic heterocycles. The van der Waals surface area contributed by atoms with Crippen LogP contribution in [0, 0.1) is 5.92 Å². The lowest BCUT2D eigenvalue weighted by molar-refractivity contribution is -0.115. The number of hydrogen-bond acceptors (Lipinski definition) is 3. The fourth-order valence-corrected chi connectivity index (χ4v) is 3.99. The maximum Gasteiger partial charge on any atom is 0.274 e. The van der Waals surface area contributed by atoms with E-state index >= 15 is 0 Å². The van der Waals surface area contributed by atoms with Gasteiger partial charge in [0.15, 0.2) is 0 Å². The number of carbonyl (C=O) groups excluding carboxylic acids is 1. The lowest BCUT2D eigenvalue weighted by Crippen LogP contribution is -2.27. The van der Waals surface area contributed by atoms with E-state index in [1.165, 1.54) is 4.68 Å². The number of nitrogens with zero attached hydrogens (tertiary/aromatic N) is 3. The topological polar surface area (TPSA) is 68.9 Å². The molecule has 6 nitrogen and oxygen atoms in total. The Hall–Kier alpha value is -3.41. The van der Waals surface area contributed by atoms with Gasteiger partial charge in [0.25, 0.3) is 5.56 Å². The Morgan fingerprint density at radius 3 is 2.42 bits per heavy atom. The Balaban J connectivity index is 1.66. The van der Waals surface area contributed by atoms with Crippen LogP contribution in [0.15, 0.2) is 59.5 Å². The van der Waals surface area contributed by atoms with E-state index in [1.54, 1.807) is 6.07 Å². The molecule has 0 saturated heterocycles. The highest BCUT2D eigenvalue weighted by molar-refractivity contribution is 6.02. The number of amides is 1. The van der Waals surface area contributed by atoms with Gasteiger partial charge in [0, 0.05) is 23.5 Å². The van der Waals surface area contributed by atoms with Crippen molar-refractivity contribution in [3.05, 3.63) is 70.8 Å². The summed E-state index contributed by atoms with van der Waals surface area (Å²) in [5.74, 6) is 0.376. The first-order valence-electron chi connectivity index (χ1n) is 10.7. The number of benzene rings is 2. The second-order valence-corrected chi connectivity index (χ2v) is 8.66. The summed E-state index contributed by atoms with van der Waals surface area (Å²) in [6.07, 6.45) is 2.16. The molecule has 2 aromatic heterocycles. The fourth-order valence-electron chi connectivity index (χ4n) is 3.99. The number of anilines is 1. The molecule has 4 rings (SSSR count). The van der Waals surface area contributed by atoms with Crippen molar-refractivity contribution in [1.82, 2.24) is 14.3 Å². The zero-order valence-electron chi connectivity index (χ0n) is 18.4. The Morgan fingerprint density at radius 1 is 0.968 bits per heavy atom. The summed E-state index contributed by atoms with van der Waals surface area (Å²) in [4.78, 5) is 25.7. The molecule has 31 heavy (non-hydrogen) atoms. The van der Waals surface area contributed by atoms with Gasteiger partial charge in [-0.25, -0.2) is 4.68 Å². The highest BCUT2D eigenvalue weighted by atomic mass is 16.1. The quantitative estimate of drug-likeness (QED) is 0.492. The van der Waals surface area contributed by atoms with Crippen LogP contribution in [0.1, 0.15) is 39.4 Å². The molecule has 1 amide bonds. The molecule has 6 heteroatoms. The molecule has 1 N–H and O–H groups in total. The number of carbonyl (C=O) groups is 1. The molecule has 0 bridgehead atoms. The van der Waals surface area contributed by atoms with Crippen LogP contribution in [0.3, 0.4) is 0 Å². The van der Waals surface area contributed by atoms with Gasteiger partial charge < -0.3 is 9.88 Å². The lowest BCUT2D eigenvalue weighted by atomic mass is 10.1. The molecule has 0 atom stereocenters. The molecule has 0 unspecified atom stereocenters. The SMILES string of the molecule is CC(C)Cn1ccc2c(NC(=O)Cc3nn(C(C)C)c(=O)c4ccccc34)cccc21. The van der Waals surface area contributed by atoms with E-state index in [0.29, 0.717) is 17.0 Å². The van der Waals surface area contributed by atoms with Crippen molar-refractivity contribution >= 4 is 33.3 Å². The summed E-state index contributed by atoms with van der Waals surface area (Å²) in [6, 6.07) is 15.2. The summed E-state index contributed by atoms with van der Waals surface area (Å²) < 4.78 is 3.67. The van der Waals surface area contributed by atoms with E-state index in [9.17, 15) is 9.59 Å². The van der Waals surface area contributed by atoms with Crippen LogP contribution in [0.25, 0.3) is 21.7 Å². The average molecular weight is 417 g/mol. The number of fused-ring (bicyclic) bond motifs is 2. The molecule has 160 valence electrons. The van der Waals surface area contributed by atoms with E-state index < -0.39 is 0 Å². The summed E-state index contributed by atoms with van der Waals surface area (Å²) in [5, 5.41) is 9.89. The van der Waals surface area contributed by atoms with E-state index in [2.05, 4.69) is 41.1 Å². The molecule has 0 aliphatic carbocycles. The molecule has 0 radical (unpaired) electrons. The number of aromatic nitrogens is 3. The normalized spacial score (nSPS) is 11.7. The second-order valence-electron chi connectivity index (χ2n) is 8.66. The van der Waals surface area contributed by atoms with Gasteiger partial charge in [-0.1, -0.05) is 38.1 Å². The van der Waals surface area contributed by atoms with Crippen LogP contribution >= 0.6 is 0 Å². The minimum Gasteiger partial charge on any atom is -0.347 e. The summed E-state index contributed by atoms with van der Waals surface area (Å²) >= 11 is 0. The van der Waals surface area contributed by atoms with E-state index in [-0.39, 0.29) is 23.9 Å². The zero-order valence-corrected chi connectivity index (χ0v) is 18.4. The van der Waals surface area contributed by atoms with E-state index in [4.69, 9.17) is 0 Å². The molecule has 2 heterocycles. The Morgan fingerprint density at radius 2 is 1.71 bits per heavy atom. The molecular weight excluding hydrogens is 388 g/mol. The standard InChI is InChI=1S/C25H28N4O2/c1-16(2)15-28-13-12-20-21(10-7-11-23(20)28)26-24(30)14-22-18-8-5-6-9-19(18)25(31)29(27-22)17(3)4/h5-13,16-17H,14-15H2,1-4H3,(H,26,30). The lowest BCUT2D eigenvalue weighted by Gasteiger charge is -2.14. The maximum atomic E-state index is 13.0. The second kappa shape index (κ2) is 8.38. The van der Waals surface area contributed by atoms with Crippen molar-refractivity contribution in [2.45, 2.75) is 46.7 Å². The third kappa shape index (κ3) is 4.10. The van der Waals surface area contributed by atoms with Gasteiger partial charge in [0.1, 0.15) is 0 Å². The molecule has 2 aromatic carbocycles. The van der Waals surface area contributed by atoms with Gasteiger partial charge in [0.2, 0.25) is 5.91 Å². The summed E-state index contributed by atoms with van der Waals surface area (Å²) in [5.41, 5.74) is 2.35. The Kier molecular flexibility index (Phi) is 5.63. The van der Waals surface area contributed by atoms with Gasteiger partial charge in [0.05, 0.1) is 34.7 Å². The van der Waals surface area contributed by atoms with Gasteiger partial charge in [-0.3, -0.25) is 9.59 Å². The molecule has 0 aliphatic rings. The van der Waals surface area contributed by atoms with Gasteiger partial charge >= 0.3 is 0 Å². The minimum absolute atomic E-state index is 0.0895. The maximum absolute atomic E-state index is 13.0. The number of hydrogen-bond donors (Lipinski definition) is 1. The first-order chi connectivity index (χ1) is 14.8. The molecular formula is C25H28N4O2. The Bertz CT molecular complexity index is 1310. The van der Waals surface area contributed by atoms with Crippen LogP contribution in [-0.4, -0.2) is 20.3 Å². The Labute approximate surface area is 181 Å². The predicted octanol–water partition coefficient (Wildman–Crippen LogP) is 4.77. The van der Waals surface area contributed by atoms with Crippen molar-refractivity contribution in [1.29, 1.82) is 0 Å². The highest BCUT2D eigenvalue weighted by Gasteiger charge is 2.16. The van der Waals surface area contributed by atoms with Gasteiger partial charge in [-0.2, -0.15) is 5.10 Å². The van der Waals surface area contributed by atoms with Crippen LogP contribution in [0.5, 0.6) is 0 Å². The first-order valence-corrected chi connectivity index (χ1v) is 10.7. The molecule has 4 aromatic rings. The van der Waals surface area contributed by atoms with Crippen LogP contribution < -0.4 is 10.9 Å². The number of nitrogens with one attached hydrogen (secondary N) is 1. The van der Waals surface area contributed by atoms with Crippen LogP contribution in [0.2, 0.25) is 0 Å². The monoisotopic (exact) mass is 416 g/mol. The van der Waals surface area contributed by atoms with E-state index in [0.717, 1.165) is 28.5 Å². The predicted molar refractivity (Wildman–Crippen MR) is 125 cm³/mol. The first kappa shape index (κ1) is 20.8. The zero-order chi connectivity index (χ0) is 22.1. The third-order valence-electron chi connectivity index (χ3n) is 5.37. The van der Waals surface area contributed by atoms with Crippen molar-refractivity contribution in [2.24, 2.45) is 5.92 Å². The fraction of sp³-hybridized carbons (Fsp3) is 0.320. The van der Waals surface area contributed by atoms with Crippen molar-refractivity contribution in [3.8, 4) is 0 Å². The molecule has 0 saturated carbocycles. The highest BCUT2D eigenvalue weighted by Crippen LogP contribution is 2.26. The van der Waals surface area contributed by atoms with Crippen molar-refractivity contribution < 1.29 is 4.79 Å². The average Bonchev–Trinajstić information content (AvgIpc) is 3.13. The van der Waals surface area contributed by atoms with Gasteiger partial charge in [-0.05, 0) is 44.0 Å². The number of rotatable bonds is 6. The van der Waals surface area contributed by atoms with Gasteiger partial charge in [-0.15, -0.1) is 0 Å².